The monoisotopic (exact) mass is 278 g/mol. The molecule has 0 aromatic carbocycles. The summed E-state index contributed by atoms with van der Waals surface area (Å²) in [5.74, 6) is 0.623. The van der Waals surface area contributed by atoms with Crippen molar-refractivity contribution in [2.75, 3.05) is 13.6 Å². The molecule has 1 aromatic rings. The summed E-state index contributed by atoms with van der Waals surface area (Å²) in [4.78, 5) is 2.46. The van der Waals surface area contributed by atoms with Crippen LogP contribution >= 0.6 is 0 Å². The van der Waals surface area contributed by atoms with Gasteiger partial charge in [-0.3, -0.25) is 9.58 Å². The highest BCUT2D eigenvalue weighted by molar-refractivity contribution is 5.07. The molecule has 0 radical (unpaired) electrons. The van der Waals surface area contributed by atoms with Gasteiger partial charge < -0.3 is 5.73 Å². The average Bonchev–Trinajstić information content (AvgIpc) is 2.74. The van der Waals surface area contributed by atoms with Gasteiger partial charge in [0.2, 0.25) is 0 Å². The molecule has 4 nitrogen and oxygen atoms in total. The van der Waals surface area contributed by atoms with E-state index in [1.807, 2.05) is 17.9 Å². The molecule has 1 aliphatic carbocycles. The van der Waals surface area contributed by atoms with Crippen LogP contribution in [0.2, 0.25) is 0 Å². The second kappa shape index (κ2) is 5.49. The molecule has 2 unspecified atom stereocenters. The van der Waals surface area contributed by atoms with Crippen molar-refractivity contribution in [2.45, 2.75) is 52.1 Å². The van der Waals surface area contributed by atoms with Crippen molar-refractivity contribution in [3.63, 3.8) is 0 Å². The molecule has 1 heterocycles. The first-order valence-corrected chi connectivity index (χ1v) is 7.68. The fourth-order valence-electron chi connectivity index (χ4n) is 3.93. The topological polar surface area (TPSA) is 47.1 Å². The van der Waals surface area contributed by atoms with Crippen LogP contribution in [-0.2, 0) is 13.6 Å². The summed E-state index contributed by atoms with van der Waals surface area (Å²) < 4.78 is 1.87. The lowest BCUT2D eigenvalue weighted by Gasteiger charge is -2.52. The normalized spacial score (nSPS) is 29.9. The Morgan fingerprint density at radius 2 is 2.15 bits per heavy atom. The molecule has 2 rings (SSSR count). The van der Waals surface area contributed by atoms with Crippen molar-refractivity contribution in [1.29, 1.82) is 0 Å². The van der Waals surface area contributed by atoms with E-state index in [9.17, 15) is 0 Å². The van der Waals surface area contributed by atoms with Gasteiger partial charge in [-0.15, -0.1) is 0 Å². The van der Waals surface area contributed by atoms with E-state index in [1.165, 1.54) is 24.8 Å². The van der Waals surface area contributed by atoms with E-state index >= 15 is 0 Å². The molecule has 1 fully saturated rings. The van der Waals surface area contributed by atoms with E-state index in [0.717, 1.165) is 13.1 Å². The third-order valence-corrected chi connectivity index (χ3v) is 5.30. The SMILES string of the molecule is CC1CC(C)(C)CCC1(CN)N(C)Cc1cnn(C)c1. The molecule has 0 bridgehead atoms. The van der Waals surface area contributed by atoms with Gasteiger partial charge in [0, 0.05) is 37.4 Å². The standard InChI is InChI=1S/C16H30N4/c1-13-8-15(2,3)6-7-16(13,12-17)19(4)10-14-9-18-20(5)11-14/h9,11,13H,6-8,10,12,17H2,1-5H3. The number of rotatable bonds is 4. The quantitative estimate of drug-likeness (QED) is 0.920. The Morgan fingerprint density at radius 1 is 1.45 bits per heavy atom. The number of hydrogen-bond acceptors (Lipinski definition) is 3. The van der Waals surface area contributed by atoms with E-state index in [-0.39, 0.29) is 5.54 Å². The Bertz CT molecular complexity index is 451. The van der Waals surface area contributed by atoms with Crippen LogP contribution in [0.3, 0.4) is 0 Å². The summed E-state index contributed by atoms with van der Waals surface area (Å²) in [5.41, 5.74) is 8.06. The van der Waals surface area contributed by atoms with Gasteiger partial charge in [0.15, 0.2) is 0 Å². The zero-order chi connectivity index (χ0) is 15.0. The smallest absolute Gasteiger partial charge is 0.0534 e. The number of likely N-dealkylation sites (N-methyl/N-ethyl adjacent to an activating group) is 1. The number of aryl methyl sites for hydroxylation is 1. The van der Waals surface area contributed by atoms with Gasteiger partial charge in [-0.2, -0.15) is 5.10 Å². The molecule has 4 heteroatoms. The fourth-order valence-corrected chi connectivity index (χ4v) is 3.93. The highest BCUT2D eigenvalue weighted by Crippen LogP contribution is 2.46. The molecule has 0 aliphatic heterocycles. The average molecular weight is 278 g/mol. The second-order valence-corrected chi connectivity index (χ2v) is 7.46. The van der Waals surface area contributed by atoms with Crippen LogP contribution in [0.1, 0.15) is 45.6 Å². The van der Waals surface area contributed by atoms with Crippen LogP contribution in [0.5, 0.6) is 0 Å². The summed E-state index contributed by atoms with van der Waals surface area (Å²) in [6.07, 6.45) is 7.75. The Morgan fingerprint density at radius 3 is 2.65 bits per heavy atom. The second-order valence-electron chi connectivity index (χ2n) is 7.46. The van der Waals surface area contributed by atoms with Crippen molar-refractivity contribution in [2.24, 2.45) is 24.1 Å². The van der Waals surface area contributed by atoms with Crippen molar-refractivity contribution in [3.8, 4) is 0 Å². The third-order valence-electron chi connectivity index (χ3n) is 5.30. The minimum Gasteiger partial charge on any atom is -0.329 e. The zero-order valence-corrected chi connectivity index (χ0v) is 13.7. The van der Waals surface area contributed by atoms with Gasteiger partial charge in [0.1, 0.15) is 0 Å². The molecule has 2 N–H and O–H groups in total. The first-order chi connectivity index (χ1) is 9.29. The molecule has 114 valence electrons. The zero-order valence-electron chi connectivity index (χ0n) is 13.7. The maximum absolute atomic E-state index is 6.21. The van der Waals surface area contributed by atoms with Gasteiger partial charge >= 0.3 is 0 Å². The van der Waals surface area contributed by atoms with Crippen molar-refractivity contribution in [1.82, 2.24) is 14.7 Å². The Hall–Kier alpha value is -0.870. The molecular weight excluding hydrogens is 248 g/mol. The highest BCUT2D eigenvalue weighted by Gasteiger charge is 2.45. The molecule has 20 heavy (non-hydrogen) atoms. The summed E-state index contributed by atoms with van der Waals surface area (Å²) >= 11 is 0. The molecule has 1 saturated carbocycles. The minimum absolute atomic E-state index is 0.130. The number of aromatic nitrogens is 2. The van der Waals surface area contributed by atoms with Gasteiger partial charge in [-0.25, -0.2) is 0 Å². The molecule has 0 amide bonds. The number of nitrogens with zero attached hydrogens (tertiary/aromatic N) is 3. The third kappa shape index (κ3) is 2.91. The molecular formula is C16H30N4. The summed E-state index contributed by atoms with van der Waals surface area (Å²) in [5, 5.41) is 4.26. The Kier molecular flexibility index (Phi) is 4.26. The molecule has 0 spiro atoms. The van der Waals surface area contributed by atoms with Gasteiger partial charge in [0.25, 0.3) is 0 Å². The Balaban J connectivity index is 2.14. The van der Waals surface area contributed by atoms with Crippen LogP contribution in [-0.4, -0.2) is 33.8 Å². The molecule has 2 atom stereocenters. The van der Waals surface area contributed by atoms with E-state index in [4.69, 9.17) is 5.73 Å². The van der Waals surface area contributed by atoms with Crippen LogP contribution < -0.4 is 5.73 Å². The predicted molar refractivity (Wildman–Crippen MR) is 83.3 cm³/mol. The van der Waals surface area contributed by atoms with Gasteiger partial charge in [-0.05, 0) is 37.6 Å². The highest BCUT2D eigenvalue weighted by atomic mass is 15.3. The molecule has 0 saturated heterocycles. The van der Waals surface area contributed by atoms with Crippen molar-refractivity contribution in [3.05, 3.63) is 18.0 Å². The van der Waals surface area contributed by atoms with Crippen molar-refractivity contribution < 1.29 is 0 Å². The summed E-state index contributed by atoms with van der Waals surface area (Å²) in [6.45, 7) is 8.79. The Labute approximate surface area is 123 Å². The summed E-state index contributed by atoms with van der Waals surface area (Å²) in [7, 11) is 4.18. The largest absolute Gasteiger partial charge is 0.329 e. The first-order valence-electron chi connectivity index (χ1n) is 7.68. The van der Waals surface area contributed by atoms with Crippen LogP contribution in [0.15, 0.2) is 12.4 Å². The van der Waals surface area contributed by atoms with Crippen LogP contribution in [0.4, 0.5) is 0 Å². The van der Waals surface area contributed by atoms with E-state index in [1.54, 1.807) is 0 Å². The first kappa shape index (κ1) is 15.5. The lowest BCUT2D eigenvalue weighted by Crippen LogP contribution is -2.59. The summed E-state index contributed by atoms with van der Waals surface area (Å²) in [6, 6.07) is 0. The predicted octanol–water partition coefficient (Wildman–Crippen LogP) is 2.40. The van der Waals surface area contributed by atoms with Gasteiger partial charge in [0.05, 0.1) is 6.20 Å². The van der Waals surface area contributed by atoms with Crippen molar-refractivity contribution >= 4 is 0 Å². The lowest BCUT2D eigenvalue weighted by atomic mass is 9.63. The molecule has 1 aromatic heterocycles. The number of hydrogen-bond donors (Lipinski definition) is 1. The van der Waals surface area contributed by atoms with Crippen LogP contribution in [0, 0.1) is 11.3 Å². The number of nitrogens with two attached hydrogens (primary N) is 1. The van der Waals surface area contributed by atoms with E-state index in [2.05, 4.69) is 44.0 Å². The minimum atomic E-state index is 0.130. The molecule has 1 aliphatic rings. The maximum atomic E-state index is 6.21. The maximum Gasteiger partial charge on any atom is 0.0534 e. The van der Waals surface area contributed by atoms with E-state index < -0.39 is 0 Å². The fraction of sp³-hybridized carbons (Fsp3) is 0.812. The van der Waals surface area contributed by atoms with Gasteiger partial charge in [-0.1, -0.05) is 20.8 Å². The lowest BCUT2D eigenvalue weighted by molar-refractivity contribution is -0.0117. The van der Waals surface area contributed by atoms with E-state index in [0.29, 0.717) is 11.3 Å². The van der Waals surface area contributed by atoms with Crippen LogP contribution in [0.25, 0.3) is 0 Å².